The van der Waals surface area contributed by atoms with E-state index in [1.807, 2.05) is 32.9 Å². The molecule has 228 valence electrons. The van der Waals surface area contributed by atoms with Crippen LogP contribution in [0.1, 0.15) is 64.7 Å². The summed E-state index contributed by atoms with van der Waals surface area (Å²) in [5.74, 6) is 0.439. The summed E-state index contributed by atoms with van der Waals surface area (Å²) in [6.07, 6.45) is 5.15. The molecule has 6 rings (SSSR count). The second kappa shape index (κ2) is 12.0. The number of hydrogen-bond acceptors (Lipinski definition) is 6. The number of ether oxygens (including phenoxy) is 2. The number of carbonyl (C=O) groups excluding carboxylic acids is 2. The standard InChI is InChI=1S/C34H36N4O6/c1-20-13-21(2)31(22(3)14-20)36-30(39)18-37-27-16-24(32(40)35-25-7-5-4-6-8-25)10-11-26(27)33(41)38(34(37)42)17-23-9-12-28-29(15-23)44-19-43-28/h9-16,25H,4-8,17-19H2,1-3H3,(H,35,40)(H,36,39). The Morgan fingerprint density at radius 3 is 2.34 bits per heavy atom. The minimum absolute atomic E-state index is 0.0358. The number of amides is 2. The van der Waals surface area contributed by atoms with Crippen LogP contribution in [0.5, 0.6) is 11.5 Å². The maximum absolute atomic E-state index is 14.0. The average Bonchev–Trinajstić information content (AvgIpc) is 3.47. The summed E-state index contributed by atoms with van der Waals surface area (Å²) >= 11 is 0. The second-order valence-electron chi connectivity index (χ2n) is 11.8. The molecule has 0 atom stereocenters. The second-order valence-corrected chi connectivity index (χ2v) is 11.8. The Morgan fingerprint density at radius 1 is 0.864 bits per heavy atom. The molecule has 4 aromatic rings. The Labute approximate surface area is 254 Å². The van der Waals surface area contributed by atoms with Gasteiger partial charge in [-0.1, -0.05) is 43.0 Å². The first-order valence-corrected chi connectivity index (χ1v) is 15.0. The van der Waals surface area contributed by atoms with Gasteiger partial charge < -0.3 is 20.1 Å². The fourth-order valence-corrected chi connectivity index (χ4v) is 6.29. The largest absolute Gasteiger partial charge is 0.454 e. The van der Waals surface area contributed by atoms with Crippen LogP contribution in [0.4, 0.5) is 5.69 Å². The van der Waals surface area contributed by atoms with E-state index in [2.05, 4.69) is 10.6 Å². The first kappa shape index (κ1) is 29.2. The Balaban J connectivity index is 1.40. The van der Waals surface area contributed by atoms with Crippen LogP contribution >= 0.6 is 0 Å². The molecule has 1 aliphatic carbocycles. The molecule has 0 unspecified atom stereocenters. The maximum Gasteiger partial charge on any atom is 0.332 e. The SMILES string of the molecule is Cc1cc(C)c(NC(=O)Cn2c(=O)n(Cc3ccc4c(c3)OCO4)c(=O)c3ccc(C(=O)NC4CCCCC4)cc32)c(C)c1. The molecule has 10 heteroatoms. The number of nitrogens with one attached hydrogen (secondary N) is 2. The molecule has 2 heterocycles. The topological polar surface area (TPSA) is 121 Å². The van der Waals surface area contributed by atoms with E-state index in [0.29, 0.717) is 28.3 Å². The molecule has 44 heavy (non-hydrogen) atoms. The van der Waals surface area contributed by atoms with Crippen molar-refractivity contribution in [1.82, 2.24) is 14.5 Å². The van der Waals surface area contributed by atoms with Gasteiger partial charge in [0.15, 0.2) is 11.5 Å². The summed E-state index contributed by atoms with van der Waals surface area (Å²) in [6, 6.07) is 14.0. The summed E-state index contributed by atoms with van der Waals surface area (Å²) in [5, 5.41) is 6.28. The number of hydrogen-bond donors (Lipinski definition) is 2. The summed E-state index contributed by atoms with van der Waals surface area (Å²) in [6.45, 7) is 5.54. The van der Waals surface area contributed by atoms with E-state index >= 15 is 0 Å². The third-order valence-corrected chi connectivity index (χ3v) is 8.45. The number of benzene rings is 3. The van der Waals surface area contributed by atoms with Gasteiger partial charge >= 0.3 is 5.69 Å². The van der Waals surface area contributed by atoms with E-state index in [1.54, 1.807) is 30.3 Å². The van der Waals surface area contributed by atoms with Crippen LogP contribution in [0.25, 0.3) is 10.9 Å². The lowest BCUT2D eigenvalue weighted by Gasteiger charge is -2.23. The van der Waals surface area contributed by atoms with Crippen molar-refractivity contribution in [2.45, 2.75) is 72.0 Å². The van der Waals surface area contributed by atoms with Crippen molar-refractivity contribution in [3.63, 3.8) is 0 Å². The number of anilines is 1. The van der Waals surface area contributed by atoms with Crippen molar-refractivity contribution in [2.24, 2.45) is 0 Å². The zero-order chi connectivity index (χ0) is 31.0. The van der Waals surface area contributed by atoms with Crippen LogP contribution in [-0.2, 0) is 17.9 Å². The Bertz CT molecular complexity index is 1880. The first-order chi connectivity index (χ1) is 21.2. The van der Waals surface area contributed by atoms with Crippen molar-refractivity contribution in [2.75, 3.05) is 12.1 Å². The van der Waals surface area contributed by atoms with Crippen molar-refractivity contribution >= 4 is 28.4 Å². The number of aromatic nitrogens is 2. The molecule has 0 bridgehead atoms. The molecular weight excluding hydrogens is 560 g/mol. The molecule has 1 fully saturated rings. The fraction of sp³-hybridized carbons (Fsp3) is 0.353. The van der Waals surface area contributed by atoms with E-state index in [-0.39, 0.29) is 42.7 Å². The molecule has 2 N–H and O–H groups in total. The number of aryl methyl sites for hydroxylation is 3. The maximum atomic E-state index is 14.0. The Hall–Kier alpha value is -4.86. The monoisotopic (exact) mass is 596 g/mol. The molecule has 0 spiro atoms. The lowest BCUT2D eigenvalue weighted by molar-refractivity contribution is -0.116. The number of rotatable bonds is 7. The third-order valence-electron chi connectivity index (χ3n) is 8.45. The predicted octanol–water partition coefficient (Wildman–Crippen LogP) is 4.57. The predicted molar refractivity (Wildman–Crippen MR) is 168 cm³/mol. The van der Waals surface area contributed by atoms with Gasteiger partial charge in [0.2, 0.25) is 12.7 Å². The number of nitrogens with zero attached hydrogens (tertiary/aromatic N) is 2. The Kier molecular flexibility index (Phi) is 7.99. The summed E-state index contributed by atoms with van der Waals surface area (Å²) in [4.78, 5) is 54.4. The van der Waals surface area contributed by atoms with Crippen LogP contribution in [0, 0.1) is 20.8 Å². The van der Waals surface area contributed by atoms with Crippen LogP contribution in [-0.4, -0.2) is 33.8 Å². The third kappa shape index (κ3) is 5.84. The van der Waals surface area contributed by atoms with E-state index in [0.717, 1.165) is 53.4 Å². The van der Waals surface area contributed by atoms with Gasteiger partial charge in [0.05, 0.1) is 17.4 Å². The summed E-state index contributed by atoms with van der Waals surface area (Å²) in [5.41, 5.74) is 3.62. The molecule has 2 aliphatic rings. The molecule has 0 saturated heterocycles. The van der Waals surface area contributed by atoms with Crippen LogP contribution in [0.2, 0.25) is 0 Å². The van der Waals surface area contributed by atoms with Gasteiger partial charge in [0.25, 0.3) is 11.5 Å². The normalized spacial score (nSPS) is 14.5. The van der Waals surface area contributed by atoms with Gasteiger partial charge in [-0.25, -0.2) is 4.79 Å². The van der Waals surface area contributed by atoms with Gasteiger partial charge in [-0.15, -0.1) is 0 Å². The van der Waals surface area contributed by atoms with Crippen molar-refractivity contribution < 1.29 is 19.1 Å². The van der Waals surface area contributed by atoms with Crippen molar-refractivity contribution in [3.8, 4) is 11.5 Å². The van der Waals surface area contributed by atoms with E-state index in [4.69, 9.17) is 9.47 Å². The van der Waals surface area contributed by atoms with Gasteiger partial charge in [0, 0.05) is 17.3 Å². The van der Waals surface area contributed by atoms with Gasteiger partial charge in [-0.3, -0.25) is 23.5 Å². The fourth-order valence-electron chi connectivity index (χ4n) is 6.29. The highest BCUT2D eigenvalue weighted by Crippen LogP contribution is 2.32. The number of carbonyl (C=O) groups is 2. The zero-order valence-corrected chi connectivity index (χ0v) is 25.2. The highest BCUT2D eigenvalue weighted by atomic mass is 16.7. The van der Waals surface area contributed by atoms with Crippen LogP contribution in [0.3, 0.4) is 0 Å². The molecule has 1 saturated carbocycles. The minimum Gasteiger partial charge on any atom is -0.454 e. The highest BCUT2D eigenvalue weighted by Gasteiger charge is 2.21. The molecule has 3 aromatic carbocycles. The molecular formula is C34H36N4O6. The molecule has 2 amide bonds. The molecule has 10 nitrogen and oxygen atoms in total. The highest BCUT2D eigenvalue weighted by molar-refractivity contribution is 5.98. The smallest absolute Gasteiger partial charge is 0.332 e. The van der Waals surface area contributed by atoms with Crippen LogP contribution in [0.15, 0.2) is 58.1 Å². The lowest BCUT2D eigenvalue weighted by Crippen LogP contribution is -2.42. The summed E-state index contributed by atoms with van der Waals surface area (Å²) in [7, 11) is 0. The van der Waals surface area contributed by atoms with Crippen molar-refractivity contribution in [3.05, 3.63) is 97.2 Å². The van der Waals surface area contributed by atoms with Gasteiger partial charge in [-0.05, 0) is 80.6 Å². The van der Waals surface area contributed by atoms with E-state index in [1.165, 1.54) is 10.6 Å². The summed E-state index contributed by atoms with van der Waals surface area (Å²) < 4.78 is 13.2. The molecule has 1 aliphatic heterocycles. The average molecular weight is 597 g/mol. The van der Waals surface area contributed by atoms with Crippen LogP contribution < -0.4 is 31.4 Å². The zero-order valence-electron chi connectivity index (χ0n) is 25.2. The Morgan fingerprint density at radius 2 is 1.59 bits per heavy atom. The number of fused-ring (bicyclic) bond motifs is 2. The minimum atomic E-state index is -0.655. The van der Waals surface area contributed by atoms with Gasteiger partial charge in [-0.2, -0.15) is 0 Å². The quantitative estimate of drug-likeness (QED) is 0.323. The molecule has 1 aromatic heterocycles. The van der Waals surface area contributed by atoms with E-state index in [9.17, 15) is 19.2 Å². The van der Waals surface area contributed by atoms with Gasteiger partial charge in [0.1, 0.15) is 6.54 Å². The molecule has 0 radical (unpaired) electrons. The van der Waals surface area contributed by atoms with Crippen molar-refractivity contribution in [1.29, 1.82) is 0 Å². The van der Waals surface area contributed by atoms with E-state index < -0.39 is 17.2 Å². The first-order valence-electron chi connectivity index (χ1n) is 15.0. The lowest BCUT2D eigenvalue weighted by atomic mass is 9.95.